The van der Waals surface area contributed by atoms with E-state index in [0.717, 1.165) is 11.1 Å². The highest BCUT2D eigenvalue weighted by atomic mass is 32.2. The zero-order chi connectivity index (χ0) is 17.6. The van der Waals surface area contributed by atoms with E-state index in [1.165, 1.54) is 15.0 Å². The Labute approximate surface area is 150 Å². The minimum atomic E-state index is -0.151. The van der Waals surface area contributed by atoms with Crippen molar-refractivity contribution in [1.82, 2.24) is 9.88 Å². The van der Waals surface area contributed by atoms with Gasteiger partial charge in [0.15, 0.2) is 0 Å². The van der Waals surface area contributed by atoms with Crippen LogP contribution in [0.5, 0.6) is 0 Å². The highest BCUT2D eigenvalue weighted by Gasteiger charge is 2.06. The average molecular weight is 352 g/mol. The standard InChI is InChI=1S/C20H20N2O2S/c1-15-6-8-17(9-7-15)25-13-11-21-19(23)14-22-12-10-16-4-2-3-5-18(16)20(22)24/h2-10,12H,11,13-14H2,1H3,(H,21,23). The average Bonchev–Trinajstić information content (AvgIpc) is 2.63. The summed E-state index contributed by atoms with van der Waals surface area (Å²) in [6.07, 6.45) is 1.67. The van der Waals surface area contributed by atoms with E-state index in [2.05, 4.69) is 36.5 Å². The molecular formula is C20H20N2O2S. The Bertz CT molecular complexity index is 932. The molecule has 2 aromatic carbocycles. The molecule has 0 radical (unpaired) electrons. The van der Waals surface area contributed by atoms with Gasteiger partial charge < -0.3 is 9.88 Å². The van der Waals surface area contributed by atoms with Gasteiger partial charge in [0, 0.05) is 28.8 Å². The number of hydrogen-bond acceptors (Lipinski definition) is 3. The highest BCUT2D eigenvalue weighted by molar-refractivity contribution is 7.99. The van der Waals surface area contributed by atoms with Gasteiger partial charge in [0.2, 0.25) is 5.91 Å². The van der Waals surface area contributed by atoms with Crippen LogP contribution in [0.25, 0.3) is 10.8 Å². The van der Waals surface area contributed by atoms with Gasteiger partial charge in [-0.05, 0) is 36.6 Å². The number of thioether (sulfide) groups is 1. The van der Waals surface area contributed by atoms with Crippen molar-refractivity contribution in [2.75, 3.05) is 12.3 Å². The summed E-state index contributed by atoms with van der Waals surface area (Å²) in [6.45, 7) is 2.67. The maximum Gasteiger partial charge on any atom is 0.258 e. The van der Waals surface area contributed by atoms with E-state index in [1.54, 1.807) is 24.0 Å². The number of carbonyl (C=O) groups is 1. The first-order valence-corrected chi connectivity index (χ1v) is 9.16. The van der Waals surface area contributed by atoms with Crippen LogP contribution in [0.4, 0.5) is 0 Å². The number of rotatable bonds is 6. The normalized spacial score (nSPS) is 10.8. The van der Waals surface area contributed by atoms with Gasteiger partial charge in [-0.15, -0.1) is 11.8 Å². The SMILES string of the molecule is Cc1ccc(SCCNC(=O)Cn2ccc3ccccc3c2=O)cc1. The molecule has 1 amide bonds. The quantitative estimate of drug-likeness (QED) is 0.547. The second-order valence-electron chi connectivity index (χ2n) is 5.85. The third-order valence-electron chi connectivity index (χ3n) is 3.91. The van der Waals surface area contributed by atoms with Crippen LogP contribution < -0.4 is 10.9 Å². The summed E-state index contributed by atoms with van der Waals surface area (Å²) in [5.41, 5.74) is 1.10. The number of carbonyl (C=O) groups excluding carboxylic acids is 1. The molecule has 0 bridgehead atoms. The lowest BCUT2D eigenvalue weighted by atomic mass is 10.2. The van der Waals surface area contributed by atoms with Gasteiger partial charge in [-0.25, -0.2) is 0 Å². The van der Waals surface area contributed by atoms with Gasteiger partial charge in [-0.3, -0.25) is 9.59 Å². The summed E-state index contributed by atoms with van der Waals surface area (Å²) in [5, 5.41) is 4.39. The van der Waals surface area contributed by atoms with Crippen LogP contribution in [0.2, 0.25) is 0 Å². The van der Waals surface area contributed by atoms with E-state index in [9.17, 15) is 9.59 Å². The Morgan fingerprint density at radius 3 is 2.64 bits per heavy atom. The largest absolute Gasteiger partial charge is 0.354 e. The van der Waals surface area contributed by atoms with Gasteiger partial charge in [0.05, 0.1) is 0 Å². The highest BCUT2D eigenvalue weighted by Crippen LogP contribution is 2.17. The number of fused-ring (bicyclic) bond motifs is 1. The summed E-state index contributed by atoms with van der Waals surface area (Å²) in [7, 11) is 0. The van der Waals surface area contributed by atoms with Crippen LogP contribution in [-0.4, -0.2) is 22.8 Å². The monoisotopic (exact) mass is 352 g/mol. The number of pyridine rings is 1. The third-order valence-corrected chi connectivity index (χ3v) is 4.93. The summed E-state index contributed by atoms with van der Waals surface area (Å²) in [6, 6.07) is 17.6. The van der Waals surface area contributed by atoms with Crippen molar-refractivity contribution in [3.8, 4) is 0 Å². The van der Waals surface area contributed by atoms with E-state index < -0.39 is 0 Å². The number of amides is 1. The van der Waals surface area contributed by atoms with E-state index >= 15 is 0 Å². The van der Waals surface area contributed by atoms with Gasteiger partial charge in [0.25, 0.3) is 5.56 Å². The van der Waals surface area contributed by atoms with Gasteiger partial charge in [-0.2, -0.15) is 0 Å². The molecule has 3 rings (SSSR count). The number of nitrogens with zero attached hydrogens (tertiary/aromatic N) is 1. The molecule has 0 atom stereocenters. The van der Waals surface area contributed by atoms with Crippen LogP contribution >= 0.6 is 11.8 Å². The minimum absolute atomic E-state index is 0.0405. The Balaban J connectivity index is 1.52. The lowest BCUT2D eigenvalue weighted by Gasteiger charge is -2.08. The molecule has 3 aromatic rings. The Morgan fingerprint density at radius 2 is 1.84 bits per heavy atom. The Kier molecular flexibility index (Phi) is 5.56. The van der Waals surface area contributed by atoms with Crippen molar-refractivity contribution in [3.05, 3.63) is 76.7 Å². The minimum Gasteiger partial charge on any atom is -0.354 e. The lowest BCUT2D eigenvalue weighted by Crippen LogP contribution is -2.33. The molecule has 0 spiro atoms. The molecule has 1 aromatic heterocycles. The molecule has 5 heteroatoms. The van der Waals surface area contributed by atoms with Crippen molar-refractivity contribution in [3.63, 3.8) is 0 Å². The van der Waals surface area contributed by atoms with Crippen molar-refractivity contribution in [1.29, 1.82) is 0 Å². The molecule has 0 saturated heterocycles. The molecule has 128 valence electrons. The topological polar surface area (TPSA) is 51.1 Å². The first-order valence-electron chi connectivity index (χ1n) is 8.18. The predicted molar refractivity (Wildman–Crippen MR) is 103 cm³/mol. The fraction of sp³-hybridized carbons (Fsp3) is 0.200. The van der Waals surface area contributed by atoms with E-state index in [-0.39, 0.29) is 18.0 Å². The molecular weight excluding hydrogens is 332 g/mol. The van der Waals surface area contributed by atoms with Gasteiger partial charge in [-0.1, -0.05) is 35.9 Å². The molecule has 0 aliphatic heterocycles. The second-order valence-corrected chi connectivity index (χ2v) is 7.02. The number of nitrogens with one attached hydrogen (secondary N) is 1. The number of aromatic nitrogens is 1. The Morgan fingerprint density at radius 1 is 1.08 bits per heavy atom. The van der Waals surface area contributed by atoms with Crippen LogP contribution in [0.15, 0.2) is 70.5 Å². The lowest BCUT2D eigenvalue weighted by molar-refractivity contribution is -0.121. The second kappa shape index (κ2) is 8.03. The van der Waals surface area contributed by atoms with Gasteiger partial charge in [0.1, 0.15) is 6.54 Å². The smallest absolute Gasteiger partial charge is 0.258 e. The van der Waals surface area contributed by atoms with Crippen LogP contribution in [0.1, 0.15) is 5.56 Å². The van der Waals surface area contributed by atoms with Crippen molar-refractivity contribution < 1.29 is 4.79 Å². The van der Waals surface area contributed by atoms with Gasteiger partial charge >= 0.3 is 0 Å². The number of aryl methyl sites for hydroxylation is 1. The summed E-state index contributed by atoms with van der Waals surface area (Å²) >= 11 is 1.70. The molecule has 0 fully saturated rings. The van der Waals surface area contributed by atoms with Crippen molar-refractivity contribution in [2.24, 2.45) is 0 Å². The van der Waals surface area contributed by atoms with Crippen molar-refractivity contribution in [2.45, 2.75) is 18.4 Å². The third kappa shape index (κ3) is 4.51. The molecule has 4 nitrogen and oxygen atoms in total. The zero-order valence-electron chi connectivity index (χ0n) is 14.1. The fourth-order valence-electron chi connectivity index (χ4n) is 2.56. The van der Waals surface area contributed by atoms with E-state index in [4.69, 9.17) is 0 Å². The summed E-state index contributed by atoms with van der Waals surface area (Å²) in [4.78, 5) is 25.6. The van der Waals surface area contributed by atoms with Crippen LogP contribution in [0, 0.1) is 6.92 Å². The van der Waals surface area contributed by atoms with E-state index in [1.807, 2.05) is 24.3 Å². The van der Waals surface area contributed by atoms with Crippen LogP contribution in [0.3, 0.4) is 0 Å². The molecule has 0 aliphatic carbocycles. The number of benzene rings is 2. The number of hydrogen-bond donors (Lipinski definition) is 1. The Hall–Kier alpha value is -2.53. The fourth-order valence-corrected chi connectivity index (χ4v) is 3.33. The maximum atomic E-state index is 12.4. The molecule has 0 saturated carbocycles. The summed E-state index contributed by atoms with van der Waals surface area (Å²) in [5.74, 6) is 0.642. The van der Waals surface area contributed by atoms with Crippen LogP contribution in [-0.2, 0) is 11.3 Å². The molecule has 0 unspecified atom stereocenters. The molecule has 1 N–H and O–H groups in total. The predicted octanol–water partition coefficient (Wildman–Crippen LogP) is 3.22. The van der Waals surface area contributed by atoms with E-state index in [0.29, 0.717) is 11.9 Å². The maximum absolute atomic E-state index is 12.4. The first kappa shape index (κ1) is 17.3. The first-order chi connectivity index (χ1) is 12.1. The molecule has 25 heavy (non-hydrogen) atoms. The zero-order valence-corrected chi connectivity index (χ0v) is 14.9. The molecule has 0 aliphatic rings. The van der Waals surface area contributed by atoms with Crippen molar-refractivity contribution >= 4 is 28.4 Å². The summed E-state index contributed by atoms with van der Waals surface area (Å²) < 4.78 is 1.45. The molecule has 1 heterocycles.